The van der Waals surface area contributed by atoms with Gasteiger partial charge in [-0.2, -0.15) is 26.3 Å². The molecule has 1 saturated heterocycles. The highest BCUT2D eigenvalue weighted by Crippen LogP contribution is 2.38. The van der Waals surface area contributed by atoms with Gasteiger partial charge in [0.25, 0.3) is 5.91 Å². The van der Waals surface area contributed by atoms with E-state index in [9.17, 15) is 35.5 Å². The first-order valence-electron chi connectivity index (χ1n) is 12.8. The van der Waals surface area contributed by atoms with Crippen molar-refractivity contribution in [2.45, 2.75) is 44.7 Å². The molecule has 40 heavy (non-hydrogen) atoms. The van der Waals surface area contributed by atoms with Crippen LogP contribution in [0.25, 0.3) is 0 Å². The second-order valence-corrected chi connectivity index (χ2v) is 10.4. The molecule has 3 aromatic rings. The molecular weight excluding hydrogens is 537 g/mol. The summed E-state index contributed by atoms with van der Waals surface area (Å²) in [5.74, 6) is -1.42. The van der Waals surface area contributed by atoms with Crippen LogP contribution in [-0.4, -0.2) is 41.4 Å². The van der Waals surface area contributed by atoms with E-state index in [2.05, 4.69) is 0 Å². The van der Waals surface area contributed by atoms with Gasteiger partial charge in [0.15, 0.2) is 0 Å². The van der Waals surface area contributed by atoms with Crippen molar-refractivity contribution in [2.75, 3.05) is 19.6 Å². The van der Waals surface area contributed by atoms with Crippen LogP contribution < -0.4 is 0 Å². The minimum atomic E-state index is -4.52. The molecule has 4 rings (SSSR count). The van der Waals surface area contributed by atoms with E-state index in [4.69, 9.17) is 0 Å². The van der Waals surface area contributed by atoms with E-state index in [0.717, 1.165) is 24.3 Å². The lowest BCUT2D eigenvalue weighted by molar-refractivity contribution is -0.138. The maximum Gasteiger partial charge on any atom is 0.416 e. The highest BCUT2D eigenvalue weighted by molar-refractivity contribution is 5.94. The van der Waals surface area contributed by atoms with Crippen molar-refractivity contribution in [3.8, 4) is 0 Å². The maximum atomic E-state index is 13.5. The van der Waals surface area contributed by atoms with Gasteiger partial charge in [-0.3, -0.25) is 9.69 Å². The molecule has 2 atom stereocenters. The molecule has 214 valence electrons. The summed E-state index contributed by atoms with van der Waals surface area (Å²) in [5, 5.41) is 0. The fraction of sp³-hybridized carbons (Fsp3) is 0.367. The Hall–Kier alpha value is -3.40. The van der Waals surface area contributed by atoms with Gasteiger partial charge in [0.1, 0.15) is 5.82 Å². The lowest BCUT2D eigenvalue weighted by atomic mass is 9.87. The average Bonchev–Trinajstić information content (AvgIpc) is 3.28. The molecule has 0 N–H and O–H groups in total. The number of rotatable bonds is 7. The van der Waals surface area contributed by atoms with Crippen molar-refractivity contribution in [2.24, 2.45) is 5.92 Å². The van der Waals surface area contributed by atoms with E-state index in [1.54, 1.807) is 11.0 Å². The summed E-state index contributed by atoms with van der Waals surface area (Å²) in [4.78, 5) is 17.0. The van der Waals surface area contributed by atoms with Gasteiger partial charge in [-0.05, 0) is 73.4 Å². The molecule has 2 unspecified atom stereocenters. The summed E-state index contributed by atoms with van der Waals surface area (Å²) in [5.41, 5.74) is -0.116. The smallest absolute Gasteiger partial charge is 0.336 e. The number of nitrogens with zero attached hydrogens (tertiary/aromatic N) is 2. The Morgan fingerprint density at radius 3 is 2.08 bits per heavy atom. The molecule has 1 fully saturated rings. The van der Waals surface area contributed by atoms with Gasteiger partial charge in [-0.1, -0.05) is 30.3 Å². The van der Waals surface area contributed by atoms with Gasteiger partial charge in [-0.25, -0.2) is 4.39 Å². The number of carbonyl (C=O) groups is 1. The molecular formula is C30H29F7N2O. The van der Waals surface area contributed by atoms with E-state index < -0.39 is 29.3 Å². The first-order valence-corrected chi connectivity index (χ1v) is 12.8. The molecule has 3 nitrogen and oxygen atoms in total. The topological polar surface area (TPSA) is 23.6 Å². The van der Waals surface area contributed by atoms with E-state index in [1.807, 2.05) is 18.7 Å². The first-order chi connectivity index (χ1) is 18.7. The number of benzene rings is 3. The molecule has 1 aliphatic rings. The molecule has 0 aliphatic carbocycles. The van der Waals surface area contributed by atoms with E-state index in [1.165, 1.54) is 42.5 Å². The summed E-state index contributed by atoms with van der Waals surface area (Å²) >= 11 is 0. The summed E-state index contributed by atoms with van der Waals surface area (Å²) in [6.07, 6.45) is -8.98. The largest absolute Gasteiger partial charge is 0.416 e. The summed E-state index contributed by atoms with van der Waals surface area (Å²) in [6.45, 7) is 4.98. The average molecular weight is 567 g/mol. The summed E-state index contributed by atoms with van der Waals surface area (Å²) in [7, 11) is 0. The Morgan fingerprint density at radius 2 is 1.50 bits per heavy atom. The third kappa shape index (κ3) is 7.02. The Kier molecular flexibility index (Phi) is 8.58. The monoisotopic (exact) mass is 566 g/mol. The van der Waals surface area contributed by atoms with Gasteiger partial charge in [-0.15, -0.1) is 0 Å². The lowest BCUT2D eigenvalue weighted by Gasteiger charge is -2.32. The normalized spacial score (nSPS) is 18.4. The number of hydrogen-bond acceptors (Lipinski definition) is 2. The number of carbonyl (C=O) groups excluding carboxylic acids is 1. The zero-order chi connectivity index (χ0) is 29.2. The van der Waals surface area contributed by atoms with Crippen molar-refractivity contribution in [3.63, 3.8) is 0 Å². The fourth-order valence-corrected chi connectivity index (χ4v) is 5.19. The SMILES string of the molecule is CC(C)N(CC1CN(Cc2ccc(C(F)(F)F)cc2)CC1c1cccc(C(F)(F)F)c1)C(=O)c1ccc(F)cc1. The lowest BCUT2D eigenvalue weighted by Crippen LogP contribution is -2.42. The second kappa shape index (κ2) is 11.6. The Balaban J connectivity index is 1.61. The van der Waals surface area contributed by atoms with Crippen molar-refractivity contribution in [1.29, 1.82) is 0 Å². The molecule has 0 radical (unpaired) electrons. The van der Waals surface area contributed by atoms with Crippen LogP contribution in [0.15, 0.2) is 72.8 Å². The zero-order valence-corrected chi connectivity index (χ0v) is 21.9. The number of halogens is 7. The van der Waals surface area contributed by atoms with Crippen LogP contribution in [-0.2, 0) is 18.9 Å². The maximum absolute atomic E-state index is 13.5. The van der Waals surface area contributed by atoms with Crippen LogP contribution in [0.3, 0.4) is 0 Å². The van der Waals surface area contributed by atoms with E-state index >= 15 is 0 Å². The first kappa shape index (κ1) is 29.6. The standard InChI is InChI=1S/C30H29F7N2O/c1-19(2)39(28(40)21-8-12-26(31)13-9-21)17-23-16-38(15-20-6-10-24(11-7-20)29(32,33)34)18-27(23)22-4-3-5-25(14-22)30(35,36)37/h3-14,19,23,27H,15-18H2,1-2H3. The van der Waals surface area contributed by atoms with Crippen molar-refractivity contribution < 1.29 is 35.5 Å². The quantitative estimate of drug-likeness (QED) is 0.275. The predicted molar refractivity (Wildman–Crippen MR) is 137 cm³/mol. The van der Waals surface area contributed by atoms with Gasteiger partial charge < -0.3 is 4.90 Å². The molecule has 3 aromatic carbocycles. The number of hydrogen-bond donors (Lipinski definition) is 0. The molecule has 0 aromatic heterocycles. The molecule has 1 heterocycles. The summed E-state index contributed by atoms with van der Waals surface area (Å²) < 4.78 is 92.9. The van der Waals surface area contributed by atoms with Crippen LogP contribution in [0.5, 0.6) is 0 Å². The van der Waals surface area contributed by atoms with E-state index in [0.29, 0.717) is 36.3 Å². The van der Waals surface area contributed by atoms with Crippen LogP contribution in [0.2, 0.25) is 0 Å². The van der Waals surface area contributed by atoms with Crippen LogP contribution in [0.1, 0.15) is 52.4 Å². The Bertz CT molecular complexity index is 1300. The van der Waals surface area contributed by atoms with Gasteiger partial charge in [0.05, 0.1) is 11.1 Å². The Labute approximate surface area is 228 Å². The Morgan fingerprint density at radius 1 is 0.875 bits per heavy atom. The van der Waals surface area contributed by atoms with Crippen molar-refractivity contribution in [3.05, 3.63) is 106 Å². The second-order valence-electron chi connectivity index (χ2n) is 10.4. The van der Waals surface area contributed by atoms with Crippen LogP contribution in [0.4, 0.5) is 30.7 Å². The predicted octanol–water partition coefficient (Wildman–Crippen LogP) is 7.63. The molecule has 0 bridgehead atoms. The molecule has 0 spiro atoms. The van der Waals surface area contributed by atoms with Gasteiger partial charge in [0.2, 0.25) is 0 Å². The zero-order valence-electron chi connectivity index (χ0n) is 21.9. The van der Waals surface area contributed by atoms with Crippen LogP contribution >= 0.6 is 0 Å². The number of likely N-dealkylation sites (tertiary alicyclic amines) is 1. The highest BCUT2D eigenvalue weighted by Gasteiger charge is 2.38. The van der Waals surface area contributed by atoms with Crippen molar-refractivity contribution in [1.82, 2.24) is 9.80 Å². The molecule has 10 heteroatoms. The van der Waals surface area contributed by atoms with Gasteiger partial charge in [0, 0.05) is 43.7 Å². The van der Waals surface area contributed by atoms with E-state index in [-0.39, 0.29) is 30.3 Å². The van der Waals surface area contributed by atoms with Crippen LogP contribution in [0, 0.1) is 11.7 Å². The highest BCUT2D eigenvalue weighted by atomic mass is 19.4. The third-order valence-corrected chi connectivity index (χ3v) is 7.25. The third-order valence-electron chi connectivity index (χ3n) is 7.25. The minimum absolute atomic E-state index is 0.234. The summed E-state index contributed by atoms with van der Waals surface area (Å²) in [6, 6.07) is 14.9. The molecule has 0 saturated carbocycles. The number of alkyl halides is 6. The number of amides is 1. The van der Waals surface area contributed by atoms with Gasteiger partial charge >= 0.3 is 12.4 Å². The fourth-order valence-electron chi connectivity index (χ4n) is 5.19. The van der Waals surface area contributed by atoms with Crippen molar-refractivity contribution >= 4 is 5.91 Å². The minimum Gasteiger partial charge on any atom is -0.336 e. The molecule has 1 aliphatic heterocycles. The molecule has 1 amide bonds.